The molecule has 20 heavy (non-hydrogen) atoms. The van der Waals surface area contributed by atoms with Gasteiger partial charge in [-0.05, 0) is 24.1 Å². The van der Waals surface area contributed by atoms with Gasteiger partial charge in [-0.2, -0.15) is 0 Å². The molecular formula is C14H16N2O4. The lowest BCUT2D eigenvalue weighted by Crippen LogP contribution is -2.07. The first-order chi connectivity index (χ1) is 9.60. The maximum absolute atomic E-state index is 10.9. The summed E-state index contributed by atoms with van der Waals surface area (Å²) in [7, 11) is 1.65. The predicted octanol–water partition coefficient (Wildman–Crippen LogP) is 2.26. The highest BCUT2D eigenvalue weighted by atomic mass is 16.5. The monoisotopic (exact) mass is 276 g/mol. The fraction of sp³-hybridized carbons (Fsp3) is 0.357. The molecule has 1 N–H and O–H groups in total. The molecule has 0 amide bonds. The Bertz CT molecular complexity index is 594. The first-order valence-corrected chi connectivity index (χ1v) is 6.25. The normalized spacial score (nSPS) is 12.3. The van der Waals surface area contributed by atoms with Crippen LogP contribution in [0.2, 0.25) is 0 Å². The fourth-order valence-corrected chi connectivity index (χ4v) is 1.88. The number of ether oxygens (including phenoxy) is 1. The average molecular weight is 276 g/mol. The number of carbonyl (C=O) groups is 1. The minimum atomic E-state index is -0.986. The van der Waals surface area contributed by atoms with Gasteiger partial charge >= 0.3 is 5.97 Å². The Balaban J connectivity index is 2.16. The van der Waals surface area contributed by atoms with E-state index in [1.54, 1.807) is 19.2 Å². The van der Waals surface area contributed by atoms with Crippen LogP contribution in [0.25, 0.3) is 11.5 Å². The Hall–Kier alpha value is -2.21. The van der Waals surface area contributed by atoms with Gasteiger partial charge in [0.15, 0.2) is 0 Å². The lowest BCUT2D eigenvalue weighted by atomic mass is 10.1. The number of nitrogens with zero attached hydrogens (tertiary/aromatic N) is 2. The molecule has 0 aliphatic heterocycles. The predicted molar refractivity (Wildman–Crippen MR) is 71.4 cm³/mol. The number of rotatable bonds is 6. The van der Waals surface area contributed by atoms with Crippen LogP contribution in [0.4, 0.5) is 0 Å². The van der Waals surface area contributed by atoms with Crippen LogP contribution in [-0.4, -0.2) is 35.0 Å². The Morgan fingerprint density at radius 3 is 2.95 bits per heavy atom. The summed E-state index contributed by atoms with van der Waals surface area (Å²) in [6, 6.07) is 6.42. The molecule has 0 saturated carbocycles. The topological polar surface area (TPSA) is 85.5 Å². The van der Waals surface area contributed by atoms with Gasteiger partial charge < -0.3 is 14.3 Å². The van der Waals surface area contributed by atoms with Crippen molar-refractivity contribution >= 4 is 5.97 Å². The minimum absolute atomic E-state index is 0.190. The molecule has 1 unspecified atom stereocenters. The number of carboxylic acid groups (broad SMARTS) is 1. The number of hydrogen-bond acceptors (Lipinski definition) is 5. The molecule has 1 atom stereocenters. The number of aromatic nitrogens is 2. The molecule has 6 nitrogen and oxygen atoms in total. The number of methoxy groups -OCH3 is 1. The third kappa shape index (κ3) is 3.42. The average Bonchev–Trinajstić information content (AvgIpc) is 2.87. The van der Waals surface area contributed by atoms with Crippen molar-refractivity contribution in [2.45, 2.75) is 13.3 Å². The van der Waals surface area contributed by atoms with Crippen molar-refractivity contribution in [3.8, 4) is 11.5 Å². The van der Waals surface area contributed by atoms with E-state index in [0.717, 1.165) is 0 Å². The summed E-state index contributed by atoms with van der Waals surface area (Å²) in [6.45, 7) is 2.64. The van der Waals surface area contributed by atoms with Gasteiger partial charge in [-0.1, -0.05) is 13.0 Å². The van der Waals surface area contributed by atoms with Gasteiger partial charge in [0.25, 0.3) is 0 Å². The molecule has 0 bridgehead atoms. The van der Waals surface area contributed by atoms with Crippen LogP contribution < -0.4 is 0 Å². The maximum atomic E-state index is 10.9. The molecule has 0 aliphatic rings. The first kappa shape index (κ1) is 14.2. The zero-order valence-corrected chi connectivity index (χ0v) is 11.4. The van der Waals surface area contributed by atoms with Gasteiger partial charge in [0.1, 0.15) is 0 Å². The van der Waals surface area contributed by atoms with Gasteiger partial charge in [0, 0.05) is 25.7 Å². The summed E-state index contributed by atoms with van der Waals surface area (Å²) < 4.78 is 10.6. The van der Waals surface area contributed by atoms with Crippen LogP contribution in [-0.2, 0) is 11.2 Å². The second-order valence-corrected chi connectivity index (χ2v) is 4.65. The van der Waals surface area contributed by atoms with E-state index in [1.165, 1.54) is 12.1 Å². The van der Waals surface area contributed by atoms with E-state index in [-0.39, 0.29) is 11.5 Å². The van der Waals surface area contributed by atoms with E-state index in [1.807, 2.05) is 6.92 Å². The Kier molecular flexibility index (Phi) is 4.47. The molecule has 0 spiro atoms. The molecule has 6 heteroatoms. The van der Waals surface area contributed by atoms with Crippen LogP contribution >= 0.6 is 0 Å². The second kappa shape index (κ2) is 6.29. The molecule has 2 aromatic rings. The maximum Gasteiger partial charge on any atom is 0.335 e. The summed E-state index contributed by atoms with van der Waals surface area (Å²) in [5, 5.41) is 16.9. The third-order valence-electron chi connectivity index (χ3n) is 2.80. The summed E-state index contributed by atoms with van der Waals surface area (Å²) in [6.07, 6.45) is 0.624. The highest BCUT2D eigenvalue weighted by Crippen LogP contribution is 2.20. The lowest BCUT2D eigenvalue weighted by molar-refractivity contribution is 0.0697. The molecule has 0 radical (unpaired) electrons. The number of carboxylic acids is 1. The third-order valence-corrected chi connectivity index (χ3v) is 2.80. The van der Waals surface area contributed by atoms with Crippen molar-refractivity contribution in [3.63, 3.8) is 0 Å². The van der Waals surface area contributed by atoms with Crippen molar-refractivity contribution in [2.24, 2.45) is 5.92 Å². The van der Waals surface area contributed by atoms with E-state index in [9.17, 15) is 4.79 Å². The zero-order chi connectivity index (χ0) is 14.5. The zero-order valence-electron chi connectivity index (χ0n) is 11.4. The highest BCUT2D eigenvalue weighted by molar-refractivity contribution is 5.88. The van der Waals surface area contributed by atoms with E-state index < -0.39 is 5.97 Å². The molecule has 2 rings (SSSR count). The Morgan fingerprint density at radius 2 is 2.25 bits per heavy atom. The Morgan fingerprint density at radius 1 is 1.45 bits per heavy atom. The highest BCUT2D eigenvalue weighted by Gasteiger charge is 2.13. The molecule has 0 fully saturated rings. The van der Waals surface area contributed by atoms with Crippen molar-refractivity contribution in [1.82, 2.24) is 10.2 Å². The summed E-state index contributed by atoms with van der Waals surface area (Å²) in [4.78, 5) is 10.9. The van der Waals surface area contributed by atoms with E-state index in [2.05, 4.69) is 10.2 Å². The molecular weight excluding hydrogens is 260 g/mol. The Labute approximate surface area is 116 Å². The quantitative estimate of drug-likeness (QED) is 0.871. The first-order valence-electron chi connectivity index (χ1n) is 6.25. The smallest absolute Gasteiger partial charge is 0.335 e. The summed E-state index contributed by atoms with van der Waals surface area (Å²) in [5.74, 6) is 0.136. The summed E-state index contributed by atoms with van der Waals surface area (Å²) >= 11 is 0. The summed E-state index contributed by atoms with van der Waals surface area (Å²) in [5.41, 5.74) is 0.790. The standard InChI is InChI=1S/C14H16N2O4/c1-9(8-19-2)6-12-15-16-13(20-12)10-4-3-5-11(7-10)14(17)18/h3-5,7,9H,6,8H2,1-2H3,(H,17,18). The van der Waals surface area contributed by atoms with Crippen LogP contribution in [0.3, 0.4) is 0 Å². The van der Waals surface area contributed by atoms with Gasteiger partial charge in [-0.25, -0.2) is 4.79 Å². The van der Waals surface area contributed by atoms with Crippen LogP contribution in [0, 0.1) is 5.92 Å². The van der Waals surface area contributed by atoms with E-state index in [0.29, 0.717) is 30.4 Å². The van der Waals surface area contributed by atoms with Crippen LogP contribution in [0.15, 0.2) is 28.7 Å². The van der Waals surface area contributed by atoms with Gasteiger partial charge in [0.05, 0.1) is 5.56 Å². The number of benzene rings is 1. The molecule has 1 heterocycles. The van der Waals surface area contributed by atoms with Crippen LogP contribution in [0.1, 0.15) is 23.2 Å². The van der Waals surface area contributed by atoms with E-state index >= 15 is 0 Å². The largest absolute Gasteiger partial charge is 0.478 e. The van der Waals surface area contributed by atoms with E-state index in [4.69, 9.17) is 14.3 Å². The number of aromatic carboxylic acids is 1. The van der Waals surface area contributed by atoms with Crippen molar-refractivity contribution in [1.29, 1.82) is 0 Å². The molecule has 0 saturated heterocycles. The van der Waals surface area contributed by atoms with Crippen molar-refractivity contribution in [3.05, 3.63) is 35.7 Å². The molecule has 106 valence electrons. The van der Waals surface area contributed by atoms with Gasteiger partial charge in [-0.15, -0.1) is 10.2 Å². The second-order valence-electron chi connectivity index (χ2n) is 4.65. The lowest BCUT2D eigenvalue weighted by Gasteiger charge is -2.05. The van der Waals surface area contributed by atoms with Gasteiger partial charge in [0.2, 0.25) is 11.8 Å². The number of hydrogen-bond donors (Lipinski definition) is 1. The fourth-order valence-electron chi connectivity index (χ4n) is 1.88. The molecule has 1 aromatic carbocycles. The molecule has 1 aromatic heterocycles. The SMILES string of the molecule is COCC(C)Cc1nnc(-c2cccc(C(=O)O)c2)o1. The van der Waals surface area contributed by atoms with Crippen molar-refractivity contribution in [2.75, 3.05) is 13.7 Å². The van der Waals surface area contributed by atoms with Crippen LogP contribution in [0.5, 0.6) is 0 Å². The van der Waals surface area contributed by atoms with Crippen molar-refractivity contribution < 1.29 is 19.1 Å². The van der Waals surface area contributed by atoms with Gasteiger partial charge in [-0.3, -0.25) is 0 Å². The minimum Gasteiger partial charge on any atom is -0.478 e. The molecule has 0 aliphatic carbocycles.